The Morgan fingerprint density at radius 1 is 1.04 bits per heavy atom. The summed E-state index contributed by atoms with van der Waals surface area (Å²) in [6.45, 7) is 4.12. The molecule has 0 aliphatic carbocycles. The Balaban J connectivity index is 1.75. The zero-order valence-electron chi connectivity index (χ0n) is 15.6. The highest BCUT2D eigenvalue weighted by Crippen LogP contribution is 2.29. The number of phenols is 1. The molecule has 0 radical (unpaired) electrons. The Morgan fingerprint density at radius 2 is 1.70 bits per heavy atom. The van der Waals surface area contributed by atoms with Crippen LogP contribution in [0.3, 0.4) is 0 Å². The molecule has 5 nitrogen and oxygen atoms in total. The third kappa shape index (κ3) is 4.26. The number of aryl methyl sites for hydroxylation is 2. The van der Waals surface area contributed by atoms with Gasteiger partial charge in [-0.1, -0.05) is 12.1 Å². The van der Waals surface area contributed by atoms with Crippen molar-refractivity contribution in [2.75, 3.05) is 7.11 Å². The maximum absolute atomic E-state index is 12.5. The van der Waals surface area contributed by atoms with Crippen molar-refractivity contribution in [3.63, 3.8) is 0 Å². The van der Waals surface area contributed by atoms with Gasteiger partial charge in [0.25, 0.3) is 5.91 Å². The molecular formula is C22H22N2O3. The number of pyridine rings is 1. The number of aromatic nitrogens is 1. The van der Waals surface area contributed by atoms with E-state index >= 15 is 0 Å². The maximum atomic E-state index is 12.5. The number of hydrogen-bond acceptors (Lipinski definition) is 4. The molecule has 0 spiro atoms. The highest BCUT2D eigenvalue weighted by molar-refractivity contribution is 5.95. The second-order valence-corrected chi connectivity index (χ2v) is 6.45. The van der Waals surface area contributed by atoms with E-state index in [1.54, 1.807) is 19.5 Å². The van der Waals surface area contributed by atoms with Crippen LogP contribution >= 0.6 is 0 Å². The fourth-order valence-electron chi connectivity index (χ4n) is 2.87. The van der Waals surface area contributed by atoms with Crippen molar-refractivity contribution < 1.29 is 14.6 Å². The molecule has 0 saturated heterocycles. The van der Waals surface area contributed by atoms with Crippen LogP contribution < -0.4 is 10.1 Å². The first-order valence-corrected chi connectivity index (χ1v) is 8.64. The van der Waals surface area contributed by atoms with Crippen LogP contribution in [-0.4, -0.2) is 23.1 Å². The molecular weight excluding hydrogens is 340 g/mol. The predicted molar refractivity (Wildman–Crippen MR) is 105 cm³/mol. The first kappa shape index (κ1) is 18.5. The van der Waals surface area contributed by atoms with Crippen molar-refractivity contribution in [2.24, 2.45) is 0 Å². The molecule has 0 atom stereocenters. The molecule has 0 saturated carbocycles. The van der Waals surface area contributed by atoms with Gasteiger partial charge in [-0.25, -0.2) is 0 Å². The van der Waals surface area contributed by atoms with E-state index in [1.165, 1.54) is 0 Å². The summed E-state index contributed by atoms with van der Waals surface area (Å²) < 4.78 is 5.13. The van der Waals surface area contributed by atoms with E-state index in [1.807, 2.05) is 56.3 Å². The van der Waals surface area contributed by atoms with Crippen LogP contribution in [0.25, 0.3) is 11.1 Å². The molecule has 0 fully saturated rings. The molecule has 27 heavy (non-hydrogen) atoms. The van der Waals surface area contributed by atoms with Crippen LogP contribution in [0, 0.1) is 13.8 Å². The van der Waals surface area contributed by atoms with Crippen LogP contribution in [0.1, 0.15) is 27.0 Å². The molecule has 1 aromatic heterocycles. The van der Waals surface area contributed by atoms with E-state index in [4.69, 9.17) is 4.74 Å². The van der Waals surface area contributed by atoms with Gasteiger partial charge in [-0.05, 0) is 66.4 Å². The molecule has 1 heterocycles. The largest absolute Gasteiger partial charge is 0.507 e. The minimum atomic E-state index is -0.188. The fourth-order valence-corrected chi connectivity index (χ4v) is 2.87. The molecule has 0 unspecified atom stereocenters. The number of nitrogens with one attached hydrogen (secondary N) is 1. The van der Waals surface area contributed by atoms with Gasteiger partial charge < -0.3 is 15.2 Å². The normalized spacial score (nSPS) is 10.5. The lowest BCUT2D eigenvalue weighted by Gasteiger charge is -2.10. The molecule has 5 heteroatoms. The van der Waals surface area contributed by atoms with E-state index in [9.17, 15) is 9.90 Å². The first-order chi connectivity index (χ1) is 13.0. The number of amides is 1. The first-order valence-electron chi connectivity index (χ1n) is 8.64. The van der Waals surface area contributed by atoms with Gasteiger partial charge in [-0.3, -0.25) is 9.78 Å². The molecule has 0 bridgehead atoms. The smallest absolute Gasteiger partial charge is 0.253 e. The van der Waals surface area contributed by atoms with Crippen molar-refractivity contribution >= 4 is 5.91 Å². The zero-order valence-corrected chi connectivity index (χ0v) is 15.6. The maximum Gasteiger partial charge on any atom is 0.253 e. The number of phenolic OH excluding ortho intramolecular Hbond substituents is 1. The van der Waals surface area contributed by atoms with Gasteiger partial charge >= 0.3 is 0 Å². The van der Waals surface area contributed by atoms with Crippen molar-refractivity contribution in [1.82, 2.24) is 10.3 Å². The third-order valence-corrected chi connectivity index (χ3v) is 4.44. The summed E-state index contributed by atoms with van der Waals surface area (Å²) in [6, 6.07) is 13.1. The quantitative estimate of drug-likeness (QED) is 0.719. The highest BCUT2D eigenvalue weighted by atomic mass is 16.5. The van der Waals surface area contributed by atoms with Crippen molar-refractivity contribution in [3.05, 3.63) is 77.1 Å². The second kappa shape index (κ2) is 7.91. The van der Waals surface area contributed by atoms with Crippen molar-refractivity contribution in [1.29, 1.82) is 0 Å². The Morgan fingerprint density at radius 3 is 2.33 bits per heavy atom. The summed E-state index contributed by atoms with van der Waals surface area (Å²) >= 11 is 0. The Hall–Kier alpha value is -3.34. The zero-order chi connectivity index (χ0) is 19.4. The average molecular weight is 362 g/mol. The number of hydrogen-bond donors (Lipinski definition) is 2. The summed E-state index contributed by atoms with van der Waals surface area (Å²) in [6.07, 6.45) is 3.26. The Bertz CT molecular complexity index is 943. The second-order valence-electron chi connectivity index (χ2n) is 6.45. The highest BCUT2D eigenvalue weighted by Gasteiger charge is 2.10. The van der Waals surface area contributed by atoms with Gasteiger partial charge in [0, 0.05) is 24.5 Å². The molecule has 0 aliphatic rings. The standard InChI is InChI=1S/C22H22N2O3/c1-14-8-17(9-15(2)21(14)25)18-10-19(13-23-12-18)22(26)24-11-16-4-6-20(27-3)7-5-16/h4-10,12-13,25H,11H2,1-3H3,(H,24,26). The van der Waals surface area contributed by atoms with E-state index in [0.717, 1.165) is 33.6 Å². The summed E-state index contributed by atoms with van der Waals surface area (Å²) in [4.78, 5) is 16.7. The van der Waals surface area contributed by atoms with Crippen LogP contribution in [-0.2, 0) is 6.54 Å². The van der Waals surface area contributed by atoms with Gasteiger partial charge in [0.1, 0.15) is 11.5 Å². The number of rotatable bonds is 5. The Kier molecular flexibility index (Phi) is 5.41. The van der Waals surface area contributed by atoms with Gasteiger partial charge in [0.2, 0.25) is 0 Å². The molecule has 2 N–H and O–H groups in total. The topological polar surface area (TPSA) is 71.5 Å². The minimum Gasteiger partial charge on any atom is -0.507 e. The van der Waals surface area contributed by atoms with Crippen LogP contribution in [0.15, 0.2) is 54.9 Å². The molecule has 138 valence electrons. The van der Waals surface area contributed by atoms with Gasteiger partial charge in [-0.2, -0.15) is 0 Å². The lowest BCUT2D eigenvalue weighted by Crippen LogP contribution is -2.22. The number of benzene rings is 2. The predicted octanol–water partition coefficient (Wildman–Crippen LogP) is 4.01. The average Bonchev–Trinajstić information content (AvgIpc) is 2.70. The third-order valence-electron chi connectivity index (χ3n) is 4.44. The summed E-state index contributed by atoms with van der Waals surface area (Å²) in [5.74, 6) is 0.883. The van der Waals surface area contributed by atoms with E-state index < -0.39 is 0 Å². The number of carbonyl (C=O) groups excluding carboxylic acids is 1. The van der Waals surface area contributed by atoms with Gasteiger partial charge in [-0.15, -0.1) is 0 Å². The monoisotopic (exact) mass is 362 g/mol. The molecule has 3 aromatic rings. The lowest BCUT2D eigenvalue weighted by molar-refractivity contribution is 0.0950. The molecule has 3 rings (SSSR count). The Labute approximate surface area is 158 Å². The van der Waals surface area contributed by atoms with Crippen molar-refractivity contribution in [3.8, 4) is 22.6 Å². The van der Waals surface area contributed by atoms with E-state index in [-0.39, 0.29) is 5.91 Å². The molecule has 2 aromatic carbocycles. The number of ether oxygens (including phenoxy) is 1. The fraction of sp³-hybridized carbons (Fsp3) is 0.182. The van der Waals surface area contributed by atoms with Crippen molar-refractivity contribution in [2.45, 2.75) is 20.4 Å². The number of methoxy groups -OCH3 is 1. The van der Waals surface area contributed by atoms with Crippen LogP contribution in [0.5, 0.6) is 11.5 Å². The summed E-state index contributed by atoms with van der Waals surface area (Å²) in [7, 11) is 1.62. The SMILES string of the molecule is COc1ccc(CNC(=O)c2cncc(-c3cc(C)c(O)c(C)c3)c2)cc1. The number of carbonyl (C=O) groups is 1. The minimum absolute atomic E-state index is 0.188. The van der Waals surface area contributed by atoms with Gasteiger partial charge in [0.15, 0.2) is 0 Å². The molecule has 1 amide bonds. The summed E-state index contributed by atoms with van der Waals surface area (Å²) in [5.41, 5.74) is 4.81. The van der Waals surface area contributed by atoms with E-state index in [0.29, 0.717) is 17.9 Å². The van der Waals surface area contributed by atoms with E-state index in [2.05, 4.69) is 10.3 Å². The van der Waals surface area contributed by atoms with Gasteiger partial charge in [0.05, 0.1) is 12.7 Å². The lowest BCUT2D eigenvalue weighted by atomic mass is 10.00. The number of nitrogens with zero attached hydrogens (tertiary/aromatic N) is 1. The van der Waals surface area contributed by atoms with Crippen LogP contribution in [0.2, 0.25) is 0 Å². The number of aromatic hydroxyl groups is 1. The molecule has 0 aliphatic heterocycles. The van der Waals surface area contributed by atoms with Crippen LogP contribution in [0.4, 0.5) is 0 Å². The summed E-state index contributed by atoms with van der Waals surface area (Å²) in [5, 5.41) is 12.8.